The number of hydrogen-bond donors (Lipinski definition) is 2. The van der Waals surface area contributed by atoms with Crippen molar-refractivity contribution in [3.8, 4) is 0 Å². The largest absolute Gasteiger partial charge is 0.465 e. The van der Waals surface area contributed by atoms with Crippen molar-refractivity contribution in [3.05, 3.63) is 35.4 Å². The quantitative estimate of drug-likeness (QED) is 0.356. The van der Waals surface area contributed by atoms with Crippen molar-refractivity contribution in [1.29, 1.82) is 0 Å². The smallest absolute Gasteiger partial charge is 0.337 e. The number of rotatable bonds is 5. The fourth-order valence-electron chi connectivity index (χ4n) is 1.36. The Labute approximate surface area is 122 Å². The SMILES string of the molecule is CCCNC(=O)C(=O)NN=Cc1ccc(C(=O)OC)cc1. The average molecular weight is 291 g/mol. The van der Waals surface area contributed by atoms with Gasteiger partial charge >= 0.3 is 17.8 Å². The summed E-state index contributed by atoms with van der Waals surface area (Å²) >= 11 is 0. The molecule has 0 aliphatic carbocycles. The van der Waals surface area contributed by atoms with Crippen LogP contribution in [0.1, 0.15) is 29.3 Å². The van der Waals surface area contributed by atoms with Crippen molar-refractivity contribution in [1.82, 2.24) is 10.7 Å². The van der Waals surface area contributed by atoms with E-state index in [0.717, 1.165) is 6.42 Å². The van der Waals surface area contributed by atoms with Crippen molar-refractivity contribution < 1.29 is 19.1 Å². The van der Waals surface area contributed by atoms with Crippen LogP contribution in [0.25, 0.3) is 0 Å². The summed E-state index contributed by atoms with van der Waals surface area (Å²) in [5.41, 5.74) is 3.19. The Morgan fingerprint density at radius 2 is 1.86 bits per heavy atom. The first-order chi connectivity index (χ1) is 10.1. The third-order valence-corrected chi connectivity index (χ3v) is 2.45. The Morgan fingerprint density at radius 1 is 1.19 bits per heavy atom. The van der Waals surface area contributed by atoms with Gasteiger partial charge in [0, 0.05) is 6.54 Å². The molecule has 0 heterocycles. The Balaban J connectivity index is 2.51. The van der Waals surface area contributed by atoms with E-state index in [-0.39, 0.29) is 0 Å². The molecule has 1 aromatic rings. The van der Waals surface area contributed by atoms with Gasteiger partial charge in [0.05, 0.1) is 18.9 Å². The third-order valence-electron chi connectivity index (χ3n) is 2.45. The molecule has 112 valence electrons. The van der Waals surface area contributed by atoms with Crippen LogP contribution in [-0.2, 0) is 14.3 Å². The van der Waals surface area contributed by atoms with E-state index in [1.807, 2.05) is 6.92 Å². The first kappa shape index (κ1) is 16.4. The molecule has 1 rings (SSSR count). The summed E-state index contributed by atoms with van der Waals surface area (Å²) in [6.07, 6.45) is 2.11. The normalized spacial score (nSPS) is 10.2. The number of carbonyl (C=O) groups is 3. The summed E-state index contributed by atoms with van der Waals surface area (Å²) in [6.45, 7) is 2.32. The van der Waals surface area contributed by atoms with E-state index in [1.165, 1.54) is 13.3 Å². The minimum absolute atomic E-state index is 0.414. The lowest BCUT2D eigenvalue weighted by atomic mass is 10.1. The number of carbonyl (C=O) groups excluding carboxylic acids is 3. The van der Waals surface area contributed by atoms with E-state index in [1.54, 1.807) is 24.3 Å². The van der Waals surface area contributed by atoms with Crippen LogP contribution in [0, 0.1) is 0 Å². The first-order valence-electron chi connectivity index (χ1n) is 6.38. The van der Waals surface area contributed by atoms with Crippen molar-refractivity contribution in [2.45, 2.75) is 13.3 Å². The van der Waals surface area contributed by atoms with E-state index in [4.69, 9.17) is 0 Å². The highest BCUT2D eigenvalue weighted by Crippen LogP contribution is 2.03. The zero-order chi connectivity index (χ0) is 15.7. The molecule has 1 aromatic carbocycles. The van der Waals surface area contributed by atoms with Gasteiger partial charge in [-0.2, -0.15) is 5.10 Å². The zero-order valence-corrected chi connectivity index (χ0v) is 11.9. The average Bonchev–Trinajstić information content (AvgIpc) is 2.52. The number of hydrogen-bond acceptors (Lipinski definition) is 5. The molecule has 7 nitrogen and oxygen atoms in total. The van der Waals surface area contributed by atoms with E-state index >= 15 is 0 Å². The van der Waals surface area contributed by atoms with E-state index < -0.39 is 17.8 Å². The number of amides is 2. The van der Waals surface area contributed by atoms with Crippen LogP contribution in [0.4, 0.5) is 0 Å². The molecule has 0 spiro atoms. The predicted octanol–water partition coefficient (Wildman–Crippen LogP) is 0.450. The molecule has 2 N–H and O–H groups in total. The van der Waals surface area contributed by atoms with Gasteiger partial charge in [-0.15, -0.1) is 0 Å². The minimum Gasteiger partial charge on any atom is -0.465 e. The van der Waals surface area contributed by atoms with Gasteiger partial charge in [0.25, 0.3) is 0 Å². The number of nitrogens with one attached hydrogen (secondary N) is 2. The fourth-order valence-corrected chi connectivity index (χ4v) is 1.36. The van der Waals surface area contributed by atoms with Crippen molar-refractivity contribution in [2.24, 2.45) is 5.10 Å². The molecule has 7 heteroatoms. The second-order valence-electron chi connectivity index (χ2n) is 4.07. The van der Waals surface area contributed by atoms with E-state index in [0.29, 0.717) is 17.7 Å². The van der Waals surface area contributed by atoms with Gasteiger partial charge in [-0.25, -0.2) is 10.2 Å². The molecule has 0 radical (unpaired) electrons. The third kappa shape index (κ3) is 5.43. The number of esters is 1. The molecule has 0 saturated carbocycles. The maximum atomic E-state index is 11.3. The molecule has 2 amide bonds. The maximum Gasteiger partial charge on any atom is 0.337 e. The van der Waals surface area contributed by atoms with Crippen molar-refractivity contribution in [2.75, 3.05) is 13.7 Å². The molecule has 0 aliphatic rings. The first-order valence-corrected chi connectivity index (χ1v) is 6.38. The molecular weight excluding hydrogens is 274 g/mol. The number of methoxy groups -OCH3 is 1. The number of nitrogens with zero attached hydrogens (tertiary/aromatic N) is 1. The maximum absolute atomic E-state index is 11.3. The lowest BCUT2D eigenvalue weighted by Crippen LogP contribution is -2.38. The molecule has 0 fully saturated rings. The molecular formula is C14H17N3O4. The lowest BCUT2D eigenvalue weighted by molar-refractivity contribution is -0.139. The Morgan fingerprint density at radius 3 is 2.43 bits per heavy atom. The van der Waals surface area contributed by atoms with Gasteiger partial charge in [0.1, 0.15) is 0 Å². The van der Waals surface area contributed by atoms with Gasteiger partial charge in [0.2, 0.25) is 0 Å². The van der Waals surface area contributed by atoms with Crippen LogP contribution < -0.4 is 10.7 Å². The van der Waals surface area contributed by atoms with Crippen LogP contribution in [0.5, 0.6) is 0 Å². The van der Waals surface area contributed by atoms with Gasteiger partial charge in [-0.3, -0.25) is 9.59 Å². The number of hydrazone groups is 1. The minimum atomic E-state index is -0.828. The highest BCUT2D eigenvalue weighted by atomic mass is 16.5. The molecule has 0 saturated heterocycles. The standard InChI is InChI=1S/C14H17N3O4/c1-3-8-15-12(18)13(19)17-16-9-10-4-6-11(7-5-10)14(20)21-2/h4-7,9H,3,8H2,1-2H3,(H,15,18)(H,17,19). The van der Waals surface area contributed by atoms with E-state index in [9.17, 15) is 14.4 Å². The molecule has 0 aromatic heterocycles. The van der Waals surface area contributed by atoms with Gasteiger partial charge in [-0.05, 0) is 24.1 Å². The predicted molar refractivity (Wildman–Crippen MR) is 76.8 cm³/mol. The van der Waals surface area contributed by atoms with Crippen LogP contribution in [0.3, 0.4) is 0 Å². The molecule has 21 heavy (non-hydrogen) atoms. The number of benzene rings is 1. The van der Waals surface area contributed by atoms with Crippen molar-refractivity contribution >= 4 is 24.0 Å². The van der Waals surface area contributed by atoms with Crippen LogP contribution >= 0.6 is 0 Å². The van der Waals surface area contributed by atoms with Crippen LogP contribution in [-0.4, -0.2) is 37.7 Å². The van der Waals surface area contributed by atoms with Gasteiger partial charge in [0.15, 0.2) is 0 Å². The second kappa shape index (κ2) is 8.47. The Hall–Kier alpha value is -2.70. The molecule has 0 aliphatic heterocycles. The van der Waals surface area contributed by atoms with E-state index in [2.05, 4.69) is 20.6 Å². The Kier molecular flexibility index (Phi) is 6.59. The summed E-state index contributed by atoms with van der Waals surface area (Å²) in [5, 5.41) is 6.09. The zero-order valence-electron chi connectivity index (χ0n) is 11.9. The van der Waals surface area contributed by atoms with Gasteiger partial charge < -0.3 is 10.1 Å². The molecule has 0 bridgehead atoms. The molecule has 0 unspecified atom stereocenters. The van der Waals surface area contributed by atoms with Gasteiger partial charge in [-0.1, -0.05) is 19.1 Å². The summed E-state index contributed by atoms with van der Waals surface area (Å²) in [4.78, 5) is 33.8. The summed E-state index contributed by atoms with van der Waals surface area (Å²) in [6, 6.07) is 6.42. The van der Waals surface area contributed by atoms with Crippen LogP contribution in [0.15, 0.2) is 29.4 Å². The second-order valence-corrected chi connectivity index (χ2v) is 4.07. The topological polar surface area (TPSA) is 96.9 Å². The monoisotopic (exact) mass is 291 g/mol. The highest BCUT2D eigenvalue weighted by Gasteiger charge is 2.10. The lowest BCUT2D eigenvalue weighted by Gasteiger charge is -2.01. The highest BCUT2D eigenvalue weighted by molar-refractivity contribution is 6.35. The number of ether oxygens (including phenoxy) is 1. The summed E-state index contributed by atoms with van der Waals surface area (Å²) < 4.78 is 4.57. The fraction of sp³-hybridized carbons (Fsp3) is 0.286. The summed E-state index contributed by atoms with van der Waals surface area (Å²) in [7, 11) is 1.30. The molecule has 0 atom stereocenters. The Bertz CT molecular complexity index is 538. The van der Waals surface area contributed by atoms with Crippen molar-refractivity contribution in [3.63, 3.8) is 0 Å². The van der Waals surface area contributed by atoms with Crippen LogP contribution in [0.2, 0.25) is 0 Å². The summed E-state index contributed by atoms with van der Waals surface area (Å²) in [5.74, 6) is -1.99.